The minimum absolute atomic E-state index is 0.163. The van der Waals surface area contributed by atoms with E-state index < -0.39 is 0 Å². The zero-order valence-corrected chi connectivity index (χ0v) is 10.6. The number of hydrogen-bond donors (Lipinski definition) is 0. The van der Waals surface area contributed by atoms with E-state index in [-0.39, 0.29) is 11.8 Å². The smallest absolute Gasteiger partial charge is 0.225 e. The third-order valence-electron chi connectivity index (χ3n) is 2.27. The van der Waals surface area contributed by atoms with E-state index in [0.29, 0.717) is 4.83 Å². The highest BCUT2D eigenvalue weighted by molar-refractivity contribution is 9.09. The van der Waals surface area contributed by atoms with Crippen LogP contribution in [0.4, 0.5) is 0 Å². The maximum Gasteiger partial charge on any atom is 0.225 e. The lowest BCUT2D eigenvalue weighted by molar-refractivity contribution is -0.133. The highest BCUT2D eigenvalue weighted by Crippen LogP contribution is 2.08. The van der Waals surface area contributed by atoms with Gasteiger partial charge in [0, 0.05) is 24.3 Å². The lowest BCUT2D eigenvalue weighted by Gasteiger charge is -2.21. The average Bonchev–Trinajstić information content (AvgIpc) is 2.11. The number of nitrogens with zero attached hydrogens (tertiary/aromatic N) is 1. The van der Waals surface area contributed by atoms with Gasteiger partial charge in [0.05, 0.1) is 0 Å². The Morgan fingerprint density at radius 1 is 1.46 bits per heavy atom. The molecule has 0 saturated heterocycles. The van der Waals surface area contributed by atoms with E-state index >= 15 is 0 Å². The number of halogens is 1. The summed E-state index contributed by atoms with van der Waals surface area (Å²) in [6, 6.07) is 0. The van der Waals surface area contributed by atoms with Crippen LogP contribution in [0.25, 0.3) is 0 Å². The summed E-state index contributed by atoms with van der Waals surface area (Å²) in [7, 11) is 1.88. The van der Waals surface area contributed by atoms with Crippen molar-refractivity contribution < 1.29 is 4.79 Å². The lowest BCUT2D eigenvalue weighted by atomic mass is 10.1. The van der Waals surface area contributed by atoms with Crippen LogP contribution in [0, 0.1) is 5.92 Å². The second-order valence-electron chi connectivity index (χ2n) is 3.64. The first-order valence-electron chi connectivity index (χ1n) is 4.88. The third kappa shape index (κ3) is 5.29. The average molecular weight is 250 g/mol. The van der Waals surface area contributed by atoms with E-state index in [4.69, 9.17) is 0 Å². The Morgan fingerprint density at radius 2 is 2.00 bits per heavy atom. The van der Waals surface area contributed by atoms with Crippen molar-refractivity contribution in [3.05, 3.63) is 0 Å². The van der Waals surface area contributed by atoms with Gasteiger partial charge in [0.1, 0.15) is 0 Å². The van der Waals surface area contributed by atoms with E-state index in [1.807, 2.05) is 25.8 Å². The van der Waals surface area contributed by atoms with Gasteiger partial charge < -0.3 is 4.90 Å². The topological polar surface area (TPSA) is 20.3 Å². The quantitative estimate of drug-likeness (QED) is 0.687. The molecule has 0 rings (SSSR count). The number of carbonyl (C=O) groups excluding carboxylic acids is 1. The molecule has 3 heteroatoms. The Labute approximate surface area is 89.8 Å². The molecule has 0 radical (unpaired) electrons. The van der Waals surface area contributed by atoms with Crippen molar-refractivity contribution in [2.24, 2.45) is 5.92 Å². The highest BCUT2D eigenvalue weighted by Gasteiger charge is 2.15. The molecule has 13 heavy (non-hydrogen) atoms. The molecule has 0 spiro atoms. The highest BCUT2D eigenvalue weighted by atomic mass is 79.9. The molecule has 0 aliphatic heterocycles. The summed E-state index contributed by atoms with van der Waals surface area (Å²) in [4.78, 5) is 13.9. The number of carbonyl (C=O) groups is 1. The molecule has 0 aromatic carbocycles. The van der Waals surface area contributed by atoms with Crippen LogP contribution in [0.1, 0.15) is 33.6 Å². The van der Waals surface area contributed by atoms with Gasteiger partial charge in [0.15, 0.2) is 0 Å². The molecule has 78 valence electrons. The molecular weight excluding hydrogens is 230 g/mol. The van der Waals surface area contributed by atoms with E-state index in [1.165, 1.54) is 0 Å². The number of rotatable bonds is 5. The molecule has 0 aliphatic carbocycles. The zero-order valence-electron chi connectivity index (χ0n) is 9.01. The number of hydrogen-bond acceptors (Lipinski definition) is 1. The van der Waals surface area contributed by atoms with Gasteiger partial charge in [-0.2, -0.15) is 0 Å². The third-order valence-corrected chi connectivity index (χ3v) is 2.73. The fraction of sp³-hybridized carbons (Fsp3) is 0.900. The van der Waals surface area contributed by atoms with Gasteiger partial charge in [0.25, 0.3) is 0 Å². The van der Waals surface area contributed by atoms with Crippen molar-refractivity contribution >= 4 is 21.8 Å². The summed E-state index contributed by atoms with van der Waals surface area (Å²) in [5.74, 6) is 0.422. The molecule has 0 aliphatic rings. The largest absolute Gasteiger partial charge is 0.345 e. The standard InChI is InChI=1S/C10H20BrNO/c1-5-8(2)10(13)12(4)7-6-9(3)11/h8-9H,5-7H2,1-4H3. The Morgan fingerprint density at radius 3 is 2.38 bits per heavy atom. The normalized spacial score (nSPS) is 15.2. The molecule has 2 nitrogen and oxygen atoms in total. The number of amides is 1. The van der Waals surface area contributed by atoms with Gasteiger partial charge in [-0.3, -0.25) is 4.79 Å². The minimum Gasteiger partial charge on any atom is -0.345 e. The maximum absolute atomic E-state index is 11.6. The van der Waals surface area contributed by atoms with Gasteiger partial charge in [-0.25, -0.2) is 0 Å². The molecule has 0 N–H and O–H groups in total. The summed E-state index contributed by atoms with van der Waals surface area (Å²) < 4.78 is 0. The number of alkyl halides is 1. The van der Waals surface area contributed by atoms with Crippen molar-refractivity contribution in [1.82, 2.24) is 4.90 Å². The predicted octanol–water partition coefficient (Wildman–Crippen LogP) is 2.66. The molecule has 0 saturated carbocycles. The maximum atomic E-state index is 11.6. The Balaban J connectivity index is 3.82. The van der Waals surface area contributed by atoms with Crippen LogP contribution in [-0.4, -0.2) is 29.2 Å². The van der Waals surface area contributed by atoms with Gasteiger partial charge in [-0.15, -0.1) is 0 Å². The molecule has 0 fully saturated rings. The fourth-order valence-electron chi connectivity index (χ4n) is 1.03. The van der Waals surface area contributed by atoms with Crippen LogP contribution in [0.15, 0.2) is 0 Å². The van der Waals surface area contributed by atoms with Crippen molar-refractivity contribution in [1.29, 1.82) is 0 Å². The van der Waals surface area contributed by atoms with Gasteiger partial charge in [-0.05, 0) is 12.8 Å². The van der Waals surface area contributed by atoms with Crippen LogP contribution in [0.5, 0.6) is 0 Å². The van der Waals surface area contributed by atoms with Crippen molar-refractivity contribution in [2.45, 2.75) is 38.4 Å². The summed E-state index contributed by atoms with van der Waals surface area (Å²) in [5.41, 5.74) is 0. The second kappa shape index (κ2) is 6.41. The van der Waals surface area contributed by atoms with Crippen molar-refractivity contribution in [3.8, 4) is 0 Å². The summed E-state index contributed by atoms with van der Waals surface area (Å²) in [5, 5.41) is 0. The van der Waals surface area contributed by atoms with Crippen LogP contribution in [0.2, 0.25) is 0 Å². The van der Waals surface area contributed by atoms with Gasteiger partial charge in [-0.1, -0.05) is 36.7 Å². The molecule has 0 aromatic rings. The molecule has 2 atom stereocenters. The van der Waals surface area contributed by atoms with Crippen LogP contribution >= 0.6 is 15.9 Å². The summed E-state index contributed by atoms with van der Waals surface area (Å²) in [6.45, 7) is 6.97. The first-order chi connectivity index (χ1) is 5.99. The molecular formula is C10H20BrNO. The molecule has 0 bridgehead atoms. The Kier molecular flexibility index (Phi) is 6.39. The van der Waals surface area contributed by atoms with E-state index in [1.54, 1.807) is 0 Å². The molecule has 2 unspecified atom stereocenters. The SMILES string of the molecule is CCC(C)C(=O)N(C)CCC(C)Br. The van der Waals surface area contributed by atoms with Gasteiger partial charge in [0.2, 0.25) is 5.91 Å². The Hall–Kier alpha value is -0.0500. The van der Waals surface area contributed by atoms with Crippen LogP contribution in [0.3, 0.4) is 0 Å². The van der Waals surface area contributed by atoms with Crippen molar-refractivity contribution in [3.63, 3.8) is 0 Å². The summed E-state index contributed by atoms with van der Waals surface area (Å²) >= 11 is 3.47. The van der Waals surface area contributed by atoms with Crippen LogP contribution in [-0.2, 0) is 4.79 Å². The molecule has 1 amide bonds. The first-order valence-corrected chi connectivity index (χ1v) is 5.79. The van der Waals surface area contributed by atoms with Crippen LogP contribution < -0.4 is 0 Å². The van der Waals surface area contributed by atoms with E-state index in [9.17, 15) is 4.79 Å². The molecule has 0 aromatic heterocycles. The monoisotopic (exact) mass is 249 g/mol. The van der Waals surface area contributed by atoms with E-state index in [0.717, 1.165) is 19.4 Å². The lowest BCUT2D eigenvalue weighted by Crippen LogP contribution is -2.32. The predicted molar refractivity (Wildman–Crippen MR) is 60.1 cm³/mol. The zero-order chi connectivity index (χ0) is 10.4. The van der Waals surface area contributed by atoms with E-state index in [2.05, 4.69) is 22.9 Å². The second-order valence-corrected chi connectivity index (χ2v) is 5.20. The minimum atomic E-state index is 0.163. The summed E-state index contributed by atoms with van der Waals surface area (Å²) in [6.07, 6.45) is 1.94. The molecule has 0 heterocycles. The Bertz CT molecular complexity index is 159. The fourth-order valence-corrected chi connectivity index (χ4v) is 1.24. The van der Waals surface area contributed by atoms with Crippen molar-refractivity contribution in [2.75, 3.05) is 13.6 Å². The first kappa shape index (κ1) is 12.9. The van der Waals surface area contributed by atoms with Gasteiger partial charge >= 0.3 is 0 Å².